The van der Waals surface area contributed by atoms with E-state index in [-0.39, 0.29) is 12.7 Å². The van der Waals surface area contributed by atoms with Crippen molar-refractivity contribution < 1.29 is 28.5 Å². The van der Waals surface area contributed by atoms with Gasteiger partial charge in [0.15, 0.2) is 11.5 Å². The Morgan fingerprint density at radius 2 is 1.97 bits per heavy atom. The third kappa shape index (κ3) is 2.33. The molecule has 8 nitrogen and oxygen atoms in total. The topological polar surface area (TPSA) is 98.9 Å². The lowest BCUT2D eigenvalue weighted by Crippen LogP contribution is -2.46. The molecule has 152 valence electrons. The first kappa shape index (κ1) is 17.2. The summed E-state index contributed by atoms with van der Waals surface area (Å²) >= 11 is 0. The van der Waals surface area contributed by atoms with E-state index >= 15 is 0 Å². The number of amides is 1. The highest BCUT2D eigenvalue weighted by atomic mass is 16.7. The van der Waals surface area contributed by atoms with E-state index in [9.17, 15) is 9.59 Å². The van der Waals surface area contributed by atoms with Gasteiger partial charge < -0.3 is 29.2 Å². The first-order chi connectivity index (χ1) is 14.6. The average Bonchev–Trinajstić information content (AvgIpc) is 3.46. The molecule has 3 atom stereocenters. The highest BCUT2D eigenvalue weighted by Crippen LogP contribution is 2.51. The van der Waals surface area contributed by atoms with Gasteiger partial charge in [-0.3, -0.25) is 4.79 Å². The maximum absolute atomic E-state index is 13.4. The Bertz CT molecular complexity index is 1220. The summed E-state index contributed by atoms with van der Waals surface area (Å²) in [7, 11) is 1.32. The van der Waals surface area contributed by atoms with Crippen LogP contribution in [0.3, 0.4) is 0 Å². The quantitative estimate of drug-likeness (QED) is 0.634. The molecule has 1 aromatic heterocycles. The van der Waals surface area contributed by atoms with Gasteiger partial charge in [-0.2, -0.15) is 0 Å². The largest absolute Gasteiger partial charge is 0.484 e. The van der Waals surface area contributed by atoms with Crippen LogP contribution in [0.4, 0.5) is 0 Å². The number of H-pyrrole nitrogens is 1. The van der Waals surface area contributed by atoms with E-state index in [1.54, 1.807) is 0 Å². The smallest absolute Gasteiger partial charge is 0.328 e. The van der Waals surface area contributed by atoms with E-state index in [0.29, 0.717) is 23.7 Å². The number of esters is 1. The van der Waals surface area contributed by atoms with Crippen LogP contribution in [-0.4, -0.2) is 36.8 Å². The molecule has 0 saturated heterocycles. The highest BCUT2D eigenvalue weighted by Gasteiger charge is 2.45. The molecule has 6 rings (SSSR count). The summed E-state index contributed by atoms with van der Waals surface area (Å²) in [5.74, 6) is 0.589. The van der Waals surface area contributed by atoms with Gasteiger partial charge in [-0.05, 0) is 35.4 Å². The number of methoxy groups -OCH3 is 1. The number of aromatic nitrogens is 1. The maximum Gasteiger partial charge on any atom is 0.328 e. The SMILES string of the molecule is COC(=O)[C@@H]1Cc2c[nH]c3ccc4c(c23)[C@@H](C(=O)N1)[C@@H](c1ccc2c(c1)OCO2)O4. The molecule has 0 unspecified atom stereocenters. The van der Waals surface area contributed by atoms with Crippen LogP contribution in [0.2, 0.25) is 0 Å². The molecule has 2 aromatic carbocycles. The fraction of sp³-hybridized carbons (Fsp3) is 0.273. The Balaban J connectivity index is 1.52. The lowest BCUT2D eigenvalue weighted by Gasteiger charge is -2.25. The number of carbonyl (C=O) groups is 2. The molecule has 3 aliphatic heterocycles. The zero-order chi connectivity index (χ0) is 20.4. The molecule has 0 fully saturated rings. The van der Waals surface area contributed by atoms with Gasteiger partial charge in [-0.1, -0.05) is 6.07 Å². The molecule has 30 heavy (non-hydrogen) atoms. The van der Waals surface area contributed by atoms with Gasteiger partial charge in [-0.15, -0.1) is 0 Å². The Morgan fingerprint density at radius 1 is 1.13 bits per heavy atom. The number of ether oxygens (including phenoxy) is 4. The van der Waals surface area contributed by atoms with Crippen molar-refractivity contribution in [2.75, 3.05) is 13.9 Å². The van der Waals surface area contributed by atoms with Crippen molar-refractivity contribution in [1.29, 1.82) is 0 Å². The Morgan fingerprint density at radius 3 is 2.83 bits per heavy atom. The molecule has 3 aromatic rings. The van der Waals surface area contributed by atoms with Gasteiger partial charge in [0.2, 0.25) is 12.7 Å². The monoisotopic (exact) mass is 406 g/mol. The van der Waals surface area contributed by atoms with E-state index in [0.717, 1.165) is 27.6 Å². The van der Waals surface area contributed by atoms with Gasteiger partial charge in [0.05, 0.1) is 7.11 Å². The zero-order valence-electron chi connectivity index (χ0n) is 16.1. The third-order valence-corrected chi connectivity index (χ3v) is 6.03. The molecule has 0 saturated carbocycles. The van der Waals surface area contributed by atoms with Crippen LogP contribution in [0.25, 0.3) is 10.9 Å². The van der Waals surface area contributed by atoms with Gasteiger partial charge >= 0.3 is 5.97 Å². The minimum atomic E-state index is -0.767. The van der Waals surface area contributed by atoms with Crippen molar-refractivity contribution in [1.82, 2.24) is 10.3 Å². The number of aromatic amines is 1. The average molecular weight is 406 g/mol. The van der Waals surface area contributed by atoms with Gasteiger partial charge in [0, 0.05) is 29.1 Å². The lowest BCUT2D eigenvalue weighted by atomic mass is 9.85. The molecule has 1 amide bonds. The van der Waals surface area contributed by atoms with Crippen LogP contribution in [0.5, 0.6) is 17.2 Å². The van der Waals surface area contributed by atoms with Gasteiger partial charge in [-0.25, -0.2) is 4.79 Å². The predicted molar refractivity (Wildman–Crippen MR) is 105 cm³/mol. The Hall–Kier alpha value is -3.68. The second kappa shape index (κ2) is 6.16. The second-order valence-corrected chi connectivity index (χ2v) is 7.63. The molecule has 3 aliphatic rings. The standard InChI is InChI=1S/C22H18N2O6/c1-27-22(26)13-6-11-8-23-12-3-5-15-18(17(11)12)19(21(25)24-13)20(30-15)10-2-4-14-16(7-10)29-9-28-14/h2-5,7-8,13,19-20,23H,6,9H2,1H3,(H,24,25)/t13-,19+,20+/m0/s1. The van der Waals surface area contributed by atoms with E-state index in [1.165, 1.54) is 7.11 Å². The first-order valence-corrected chi connectivity index (χ1v) is 9.71. The second-order valence-electron chi connectivity index (χ2n) is 7.63. The van der Waals surface area contributed by atoms with Crippen molar-refractivity contribution in [2.45, 2.75) is 24.5 Å². The molecule has 0 spiro atoms. The summed E-state index contributed by atoms with van der Waals surface area (Å²) < 4.78 is 22.1. The summed E-state index contributed by atoms with van der Waals surface area (Å²) in [6.07, 6.45) is 1.67. The molecular weight excluding hydrogens is 388 g/mol. The summed E-state index contributed by atoms with van der Waals surface area (Å²) in [6.45, 7) is 0.169. The number of fused-ring (bicyclic) bond motifs is 1. The van der Waals surface area contributed by atoms with Crippen LogP contribution < -0.4 is 19.5 Å². The summed E-state index contributed by atoms with van der Waals surface area (Å²) in [5, 5.41) is 3.80. The van der Waals surface area contributed by atoms with E-state index in [1.807, 2.05) is 36.5 Å². The summed E-state index contributed by atoms with van der Waals surface area (Å²) in [4.78, 5) is 28.9. The van der Waals surface area contributed by atoms with Crippen molar-refractivity contribution in [3.8, 4) is 17.2 Å². The number of rotatable bonds is 2. The fourth-order valence-corrected chi connectivity index (χ4v) is 4.67. The molecule has 4 heterocycles. The minimum absolute atomic E-state index is 0.169. The van der Waals surface area contributed by atoms with Crippen LogP contribution in [-0.2, 0) is 20.7 Å². The maximum atomic E-state index is 13.4. The molecule has 2 N–H and O–H groups in total. The van der Waals surface area contributed by atoms with Gasteiger partial charge in [0.25, 0.3) is 0 Å². The first-order valence-electron chi connectivity index (χ1n) is 9.71. The van der Waals surface area contributed by atoms with Crippen molar-refractivity contribution >= 4 is 22.8 Å². The number of benzene rings is 2. The van der Waals surface area contributed by atoms with Crippen molar-refractivity contribution in [2.24, 2.45) is 0 Å². The third-order valence-electron chi connectivity index (χ3n) is 6.03. The van der Waals surface area contributed by atoms with Crippen LogP contribution in [0, 0.1) is 0 Å². The number of hydrogen-bond acceptors (Lipinski definition) is 6. The number of carbonyl (C=O) groups excluding carboxylic acids is 2. The number of hydrogen-bond donors (Lipinski definition) is 2. The summed E-state index contributed by atoms with van der Waals surface area (Å²) in [6, 6.07) is 8.59. The Kier molecular flexibility index (Phi) is 3.53. The molecule has 8 heteroatoms. The normalized spacial score (nSPS) is 23.5. The minimum Gasteiger partial charge on any atom is -0.484 e. The van der Waals surface area contributed by atoms with E-state index in [4.69, 9.17) is 18.9 Å². The predicted octanol–water partition coefficient (Wildman–Crippen LogP) is 2.33. The Labute approximate surface area is 171 Å². The lowest BCUT2D eigenvalue weighted by molar-refractivity contribution is -0.145. The van der Waals surface area contributed by atoms with E-state index in [2.05, 4.69) is 10.3 Å². The molecule has 0 aliphatic carbocycles. The fourth-order valence-electron chi connectivity index (χ4n) is 4.67. The van der Waals surface area contributed by atoms with Crippen LogP contribution >= 0.6 is 0 Å². The number of nitrogens with one attached hydrogen (secondary N) is 2. The van der Waals surface area contributed by atoms with Crippen LogP contribution in [0.1, 0.15) is 28.7 Å². The zero-order valence-corrected chi connectivity index (χ0v) is 16.1. The highest BCUT2D eigenvalue weighted by molar-refractivity contribution is 5.99. The molecule has 0 bridgehead atoms. The molecule has 0 radical (unpaired) electrons. The summed E-state index contributed by atoms with van der Waals surface area (Å²) in [5.41, 5.74) is 3.49. The van der Waals surface area contributed by atoms with Crippen LogP contribution in [0.15, 0.2) is 36.5 Å². The van der Waals surface area contributed by atoms with Crippen molar-refractivity contribution in [3.05, 3.63) is 53.2 Å². The molecular formula is C22H18N2O6. The van der Waals surface area contributed by atoms with E-state index < -0.39 is 24.0 Å². The van der Waals surface area contributed by atoms with Gasteiger partial charge in [0.1, 0.15) is 23.8 Å². The van der Waals surface area contributed by atoms with Crippen molar-refractivity contribution in [3.63, 3.8) is 0 Å².